The van der Waals surface area contributed by atoms with E-state index in [-0.39, 0.29) is 46.7 Å². The average Bonchev–Trinajstić information content (AvgIpc) is 2.78. The molecule has 2 aromatic rings. The molecule has 0 spiro atoms. The van der Waals surface area contributed by atoms with Gasteiger partial charge < -0.3 is 21.2 Å². The Kier molecular flexibility index (Phi) is 34.3. The zero-order chi connectivity index (χ0) is 23.3. The largest absolute Gasteiger partial charge is 2.00 e. The second-order valence-corrected chi connectivity index (χ2v) is 8.91. The van der Waals surface area contributed by atoms with E-state index in [4.69, 9.17) is 0 Å². The van der Waals surface area contributed by atoms with Gasteiger partial charge in [0.25, 0.3) is 0 Å². The summed E-state index contributed by atoms with van der Waals surface area (Å²) in [6.45, 7) is 4.50. The van der Waals surface area contributed by atoms with Gasteiger partial charge in [-0.1, -0.05) is 124 Å². The topological polar surface area (TPSA) is 103 Å². The number of phenolic OH excluding ortho intramolecular Hbond substituents is 2. The van der Waals surface area contributed by atoms with E-state index in [9.17, 15) is 10.2 Å². The van der Waals surface area contributed by atoms with Crippen LogP contribution in [0.5, 0.6) is 11.5 Å². The molecule has 211 valence electrons. The number of aromatic hydroxyl groups is 2. The van der Waals surface area contributed by atoms with Gasteiger partial charge in [-0.05, 0) is 0 Å². The first-order chi connectivity index (χ1) is 15.7. The van der Waals surface area contributed by atoms with E-state index in [1.807, 2.05) is 24.3 Å². The number of hydrogen-bond donors (Lipinski definition) is 2. The summed E-state index contributed by atoms with van der Waals surface area (Å²) in [4.78, 5) is 0. The van der Waals surface area contributed by atoms with E-state index in [0.29, 0.717) is 0 Å². The Hall–Kier alpha value is -1.53. The van der Waals surface area contributed by atoms with Gasteiger partial charge in [0.2, 0.25) is 0 Å². The van der Waals surface area contributed by atoms with Gasteiger partial charge >= 0.3 is 16.8 Å². The first-order valence-electron chi connectivity index (χ1n) is 13.0. The van der Waals surface area contributed by atoms with E-state index in [1.54, 1.807) is 12.1 Å². The van der Waals surface area contributed by atoms with Crippen LogP contribution in [0.1, 0.15) is 122 Å². The van der Waals surface area contributed by atoms with Gasteiger partial charge in [0.05, 0.1) is 0 Å². The van der Waals surface area contributed by atoms with Crippen LogP contribution in [0.2, 0.25) is 0 Å². The zero-order valence-corrected chi connectivity index (χ0v) is 23.0. The van der Waals surface area contributed by atoms with Crippen molar-refractivity contribution in [1.29, 1.82) is 0 Å². The smallest absolute Gasteiger partial charge is 0.534 e. The molecule has 0 fully saturated rings. The second-order valence-electron chi connectivity index (χ2n) is 8.91. The number of hydrogen-bond acceptors (Lipinski definition) is 2. The van der Waals surface area contributed by atoms with Gasteiger partial charge in [0.1, 0.15) is 0 Å². The van der Waals surface area contributed by atoms with Crippen molar-refractivity contribution in [2.24, 2.45) is 0 Å². The fourth-order valence-corrected chi connectivity index (χ4v) is 3.88. The molecule has 0 heterocycles. The minimum atomic E-state index is 0. The van der Waals surface area contributed by atoms with Gasteiger partial charge in [-0.2, -0.15) is 35.4 Å². The van der Waals surface area contributed by atoms with E-state index in [1.165, 1.54) is 101 Å². The number of benzene rings is 2. The summed E-state index contributed by atoms with van der Waals surface area (Å²) in [5, 5.41) is 18.5. The number of unbranched alkanes of at least 4 members (excludes halogenated alkanes) is 12. The van der Waals surface area contributed by atoms with Crippen molar-refractivity contribution in [1.82, 2.24) is 0 Å². The SMILES string of the molecule is C.CCCCCCCCCc1cc[c-]c(O)c1.CCCCCCCCCc1cc[c-]c(O)c1.O.O.[Co+2]. The van der Waals surface area contributed by atoms with Crippen molar-refractivity contribution in [2.45, 2.75) is 124 Å². The van der Waals surface area contributed by atoms with Crippen molar-refractivity contribution < 1.29 is 37.9 Å². The Morgan fingerprint density at radius 3 is 1.17 bits per heavy atom. The third kappa shape index (κ3) is 24.2. The van der Waals surface area contributed by atoms with Crippen LogP contribution in [0.25, 0.3) is 0 Å². The monoisotopic (exact) mass is 549 g/mol. The summed E-state index contributed by atoms with van der Waals surface area (Å²) in [5.41, 5.74) is 2.45. The predicted octanol–water partition coefficient (Wildman–Crippen LogP) is 7.96. The van der Waals surface area contributed by atoms with E-state index >= 15 is 0 Å². The first-order valence-corrected chi connectivity index (χ1v) is 13.0. The van der Waals surface area contributed by atoms with Gasteiger partial charge in [-0.3, -0.25) is 0 Å². The van der Waals surface area contributed by atoms with E-state index < -0.39 is 0 Å². The molecular formula is C31H54CoO4. The Morgan fingerprint density at radius 2 is 0.861 bits per heavy atom. The molecule has 0 atom stereocenters. The second kappa shape index (κ2) is 29.7. The van der Waals surface area contributed by atoms with Crippen LogP contribution >= 0.6 is 0 Å². The maximum absolute atomic E-state index is 9.26. The molecule has 6 N–H and O–H groups in total. The van der Waals surface area contributed by atoms with Gasteiger partial charge in [-0.25, -0.2) is 0 Å². The van der Waals surface area contributed by atoms with Crippen molar-refractivity contribution >= 4 is 0 Å². The summed E-state index contributed by atoms with van der Waals surface area (Å²) < 4.78 is 0. The van der Waals surface area contributed by atoms with Gasteiger partial charge in [0, 0.05) is 11.5 Å². The molecule has 36 heavy (non-hydrogen) atoms. The van der Waals surface area contributed by atoms with Crippen LogP contribution in [0.15, 0.2) is 36.4 Å². The molecular weight excluding hydrogens is 495 g/mol. The van der Waals surface area contributed by atoms with Crippen molar-refractivity contribution in [3.8, 4) is 11.5 Å². The fourth-order valence-electron chi connectivity index (χ4n) is 3.88. The van der Waals surface area contributed by atoms with E-state index in [0.717, 1.165) is 12.8 Å². The predicted molar refractivity (Wildman–Crippen MR) is 151 cm³/mol. The molecule has 2 aromatic carbocycles. The van der Waals surface area contributed by atoms with Gasteiger partial charge in [0.15, 0.2) is 0 Å². The quantitative estimate of drug-likeness (QED) is 0.164. The van der Waals surface area contributed by atoms with Crippen LogP contribution in [0.3, 0.4) is 0 Å². The summed E-state index contributed by atoms with van der Waals surface area (Å²) in [7, 11) is 0. The summed E-state index contributed by atoms with van der Waals surface area (Å²) >= 11 is 0. The van der Waals surface area contributed by atoms with Gasteiger partial charge in [-0.15, -0.1) is 24.3 Å². The van der Waals surface area contributed by atoms with Crippen LogP contribution in [-0.2, 0) is 29.6 Å². The molecule has 0 aromatic heterocycles. The van der Waals surface area contributed by atoms with Crippen molar-refractivity contribution in [2.75, 3.05) is 0 Å². The van der Waals surface area contributed by atoms with Crippen molar-refractivity contribution in [3.63, 3.8) is 0 Å². The van der Waals surface area contributed by atoms with E-state index in [2.05, 4.69) is 26.0 Å². The number of phenols is 2. The molecule has 0 saturated heterocycles. The molecule has 1 radical (unpaired) electrons. The molecule has 5 heteroatoms. The van der Waals surface area contributed by atoms with Crippen LogP contribution in [0, 0.1) is 12.1 Å². The average molecular weight is 550 g/mol. The summed E-state index contributed by atoms with van der Waals surface area (Å²) in [6, 6.07) is 16.8. The zero-order valence-electron chi connectivity index (χ0n) is 22.0. The fraction of sp³-hybridized carbons (Fsp3) is 0.613. The minimum absolute atomic E-state index is 0. The minimum Gasteiger partial charge on any atom is -0.534 e. The summed E-state index contributed by atoms with van der Waals surface area (Å²) in [5.74, 6) is 0.529. The van der Waals surface area contributed by atoms with Crippen LogP contribution < -0.4 is 0 Å². The first kappa shape index (κ1) is 41.6. The number of aryl methyl sites for hydroxylation is 2. The third-order valence-electron chi connectivity index (χ3n) is 5.84. The van der Waals surface area contributed by atoms with Crippen LogP contribution in [0.4, 0.5) is 0 Å². The Balaban J connectivity index is -0.000000256. The molecule has 0 bridgehead atoms. The molecule has 0 aliphatic carbocycles. The molecule has 0 saturated carbocycles. The molecule has 4 nitrogen and oxygen atoms in total. The maximum atomic E-state index is 9.26. The normalized spacial score (nSPS) is 9.39. The molecule has 0 unspecified atom stereocenters. The Morgan fingerprint density at radius 1 is 0.556 bits per heavy atom. The molecule has 0 aliphatic rings. The Bertz CT molecular complexity index is 634. The summed E-state index contributed by atoms with van der Waals surface area (Å²) in [6.07, 6.45) is 20.9. The molecule has 0 aliphatic heterocycles. The molecule has 2 rings (SSSR count). The number of rotatable bonds is 16. The maximum Gasteiger partial charge on any atom is 2.00 e. The van der Waals surface area contributed by atoms with Crippen LogP contribution in [-0.4, -0.2) is 21.2 Å². The molecule has 0 amide bonds. The van der Waals surface area contributed by atoms with Crippen molar-refractivity contribution in [3.05, 3.63) is 59.7 Å². The Labute approximate surface area is 232 Å². The standard InChI is InChI=1S/2C15H23O.CH4.Co.2H2O/c2*1-2-3-4-5-6-7-8-10-14-11-9-12-15(16)13-14;;;;/h2*9,11,13,16H,2-8,10H2,1H3;1H4;;2*1H2/q2*-1;;+2;;. The third-order valence-corrected chi connectivity index (χ3v) is 5.84.